The quantitative estimate of drug-likeness (QED) is 0.316. The maximum atomic E-state index is 13.9. The number of nitrogens with zero attached hydrogens (tertiary/aromatic N) is 4. The number of rotatable bonds is 7. The molecular formula is C30H32N6O5. The number of hydrogen-bond donors (Lipinski definition) is 2. The third-order valence-electron chi connectivity index (χ3n) is 7.53. The van der Waals surface area contributed by atoms with Gasteiger partial charge < -0.3 is 15.4 Å². The first-order valence-corrected chi connectivity index (χ1v) is 13.2. The first-order chi connectivity index (χ1) is 19.5. The Labute approximate surface area is 237 Å². The zero-order valence-corrected chi connectivity index (χ0v) is 23.4. The summed E-state index contributed by atoms with van der Waals surface area (Å²) in [6.45, 7) is 10.4. The number of Topliss-reactive ketones (excluding diaryl/α,β-unsaturated/α-hetero) is 1. The summed E-state index contributed by atoms with van der Waals surface area (Å²) < 4.78 is 7.04. The standard InChI is InChI=1S/C30H32N6O5/c1-17-8-9-31-25(10-17)34-29(38)26-18(2)33-22-12-30(3,4)13-23(37)28(22)27(26)19-6-7-24(41-5)20(11-19)15-35-16-21(14-32-35)36(39)40/h6-11,14,16,26-27,33H,2,12-13,15H2,1,3-5H3,(H,31,34,38). The van der Waals surface area contributed by atoms with Crippen molar-refractivity contribution in [1.29, 1.82) is 0 Å². The van der Waals surface area contributed by atoms with Crippen molar-refractivity contribution in [2.45, 2.75) is 46.1 Å². The Balaban J connectivity index is 1.60. The maximum Gasteiger partial charge on any atom is 0.307 e. The second-order valence-electron chi connectivity index (χ2n) is 11.4. The number of carbonyl (C=O) groups excluding carboxylic acids is 2. The van der Waals surface area contributed by atoms with Crippen LogP contribution in [0.15, 0.2) is 72.5 Å². The number of nitrogens with one attached hydrogen (secondary N) is 2. The lowest BCUT2D eigenvalue weighted by atomic mass is 9.66. The monoisotopic (exact) mass is 556 g/mol. The maximum absolute atomic E-state index is 13.9. The highest BCUT2D eigenvalue weighted by Crippen LogP contribution is 2.48. The summed E-state index contributed by atoms with van der Waals surface area (Å²) in [6, 6.07) is 9.12. The molecule has 1 aliphatic heterocycles. The molecule has 212 valence electrons. The van der Waals surface area contributed by atoms with Gasteiger partial charge in [0.05, 0.1) is 24.5 Å². The number of methoxy groups -OCH3 is 1. The number of carbonyl (C=O) groups is 2. The molecule has 2 N–H and O–H groups in total. The molecule has 5 rings (SSSR count). The minimum absolute atomic E-state index is 0.0206. The fraction of sp³-hybridized carbons (Fsp3) is 0.333. The number of allylic oxidation sites excluding steroid dienone is 2. The highest BCUT2D eigenvalue weighted by molar-refractivity contribution is 6.03. The van der Waals surface area contributed by atoms with Crippen molar-refractivity contribution in [2.75, 3.05) is 12.4 Å². The molecule has 2 aromatic heterocycles. The molecule has 3 aromatic rings. The molecule has 0 fully saturated rings. The molecule has 2 aliphatic rings. The van der Waals surface area contributed by atoms with E-state index in [9.17, 15) is 19.7 Å². The van der Waals surface area contributed by atoms with Crippen LogP contribution in [0.3, 0.4) is 0 Å². The lowest BCUT2D eigenvalue weighted by Crippen LogP contribution is -2.44. The van der Waals surface area contributed by atoms with Crippen LogP contribution < -0.4 is 15.4 Å². The molecule has 0 spiro atoms. The van der Waals surface area contributed by atoms with Crippen molar-refractivity contribution in [3.8, 4) is 5.75 Å². The summed E-state index contributed by atoms with van der Waals surface area (Å²) >= 11 is 0. The molecule has 11 heteroatoms. The van der Waals surface area contributed by atoms with Crippen LogP contribution in [0.5, 0.6) is 5.75 Å². The van der Waals surface area contributed by atoms with Crippen LogP contribution in [-0.2, 0) is 16.1 Å². The van der Waals surface area contributed by atoms with E-state index >= 15 is 0 Å². The Kier molecular flexibility index (Phi) is 7.20. The van der Waals surface area contributed by atoms with Gasteiger partial charge >= 0.3 is 5.69 Å². The Morgan fingerprint density at radius 1 is 1.29 bits per heavy atom. The second kappa shape index (κ2) is 10.6. The van der Waals surface area contributed by atoms with Crippen molar-refractivity contribution < 1.29 is 19.2 Å². The summed E-state index contributed by atoms with van der Waals surface area (Å²) in [6.07, 6.45) is 5.14. The smallest absolute Gasteiger partial charge is 0.307 e. The number of anilines is 1. The molecule has 2 unspecified atom stereocenters. The second-order valence-corrected chi connectivity index (χ2v) is 11.4. The van der Waals surface area contributed by atoms with Crippen LogP contribution in [0, 0.1) is 28.4 Å². The van der Waals surface area contributed by atoms with Gasteiger partial charge in [0.2, 0.25) is 5.91 Å². The Hall–Kier alpha value is -4.80. The third kappa shape index (κ3) is 5.60. The number of pyridine rings is 1. The van der Waals surface area contributed by atoms with Gasteiger partial charge in [0.25, 0.3) is 0 Å². The minimum atomic E-state index is -0.812. The summed E-state index contributed by atoms with van der Waals surface area (Å²) in [4.78, 5) is 42.5. The first kappa shape index (κ1) is 27.8. The number of benzene rings is 1. The molecule has 3 heterocycles. The van der Waals surface area contributed by atoms with Gasteiger partial charge in [0.1, 0.15) is 24.0 Å². The first-order valence-electron chi connectivity index (χ1n) is 13.2. The summed E-state index contributed by atoms with van der Waals surface area (Å²) in [5.74, 6) is -0.831. The number of ether oxygens (including phenoxy) is 1. The fourth-order valence-electron chi connectivity index (χ4n) is 5.75. The van der Waals surface area contributed by atoms with Gasteiger partial charge in [0, 0.05) is 41.1 Å². The number of nitro groups is 1. The number of ketones is 1. The summed E-state index contributed by atoms with van der Waals surface area (Å²) in [5.41, 5.74) is 3.83. The van der Waals surface area contributed by atoms with E-state index in [1.54, 1.807) is 18.3 Å². The molecule has 41 heavy (non-hydrogen) atoms. The number of aryl methyl sites for hydroxylation is 1. The van der Waals surface area contributed by atoms with Gasteiger partial charge in [-0.05, 0) is 54.2 Å². The van der Waals surface area contributed by atoms with Crippen LogP contribution >= 0.6 is 0 Å². The van der Waals surface area contributed by atoms with Crippen molar-refractivity contribution in [2.24, 2.45) is 11.3 Å². The molecule has 0 saturated carbocycles. The van der Waals surface area contributed by atoms with Crippen LogP contribution in [0.25, 0.3) is 0 Å². The summed E-state index contributed by atoms with van der Waals surface area (Å²) in [5, 5.41) is 21.5. The van der Waals surface area contributed by atoms with Crippen LogP contribution in [-0.4, -0.2) is 38.5 Å². The number of amides is 1. The van der Waals surface area contributed by atoms with E-state index in [0.29, 0.717) is 41.2 Å². The topological polar surface area (TPSA) is 141 Å². The molecule has 0 saturated heterocycles. The van der Waals surface area contributed by atoms with Crippen LogP contribution in [0.1, 0.15) is 49.3 Å². The van der Waals surface area contributed by atoms with Crippen molar-refractivity contribution in [3.63, 3.8) is 0 Å². The van der Waals surface area contributed by atoms with E-state index in [4.69, 9.17) is 4.74 Å². The zero-order valence-electron chi connectivity index (χ0n) is 23.4. The predicted octanol–water partition coefficient (Wildman–Crippen LogP) is 4.65. The van der Waals surface area contributed by atoms with Gasteiger partial charge in [-0.3, -0.25) is 24.4 Å². The molecule has 11 nitrogen and oxygen atoms in total. The lowest BCUT2D eigenvalue weighted by molar-refractivity contribution is -0.385. The SMILES string of the molecule is C=C1NC2=C(C(=O)CC(C)(C)C2)C(c2ccc(OC)c(Cn3cc([N+](=O)[O-])cn3)c2)C1C(=O)Nc1cc(C)ccn1. The molecule has 1 aliphatic carbocycles. The van der Waals surface area contributed by atoms with E-state index in [1.807, 2.05) is 39.0 Å². The van der Waals surface area contributed by atoms with Crippen molar-refractivity contribution in [3.05, 3.63) is 99.3 Å². The van der Waals surface area contributed by atoms with Crippen LogP contribution in [0.4, 0.5) is 11.5 Å². The average molecular weight is 557 g/mol. The Morgan fingerprint density at radius 2 is 2.07 bits per heavy atom. The number of hydrogen-bond acceptors (Lipinski definition) is 8. The molecule has 1 aromatic carbocycles. The normalized spacial score (nSPS) is 19.8. The number of aromatic nitrogens is 3. The van der Waals surface area contributed by atoms with Gasteiger partial charge in [-0.2, -0.15) is 5.10 Å². The van der Waals surface area contributed by atoms with E-state index < -0.39 is 16.8 Å². The largest absolute Gasteiger partial charge is 0.496 e. The molecule has 2 atom stereocenters. The van der Waals surface area contributed by atoms with Crippen molar-refractivity contribution in [1.82, 2.24) is 20.1 Å². The van der Waals surface area contributed by atoms with E-state index in [-0.39, 0.29) is 29.3 Å². The van der Waals surface area contributed by atoms with Gasteiger partial charge in [0.15, 0.2) is 5.78 Å². The van der Waals surface area contributed by atoms with Crippen molar-refractivity contribution >= 4 is 23.2 Å². The Bertz CT molecular complexity index is 1600. The van der Waals surface area contributed by atoms with Gasteiger partial charge in [-0.25, -0.2) is 4.98 Å². The predicted molar refractivity (Wildman–Crippen MR) is 152 cm³/mol. The highest BCUT2D eigenvalue weighted by atomic mass is 16.6. The van der Waals surface area contributed by atoms with E-state index in [2.05, 4.69) is 27.3 Å². The lowest BCUT2D eigenvalue weighted by Gasteiger charge is -2.42. The van der Waals surface area contributed by atoms with Gasteiger partial charge in [-0.1, -0.05) is 26.5 Å². The van der Waals surface area contributed by atoms with E-state index in [0.717, 1.165) is 16.8 Å². The molecular weight excluding hydrogens is 524 g/mol. The van der Waals surface area contributed by atoms with Gasteiger partial charge in [-0.15, -0.1) is 0 Å². The zero-order chi connectivity index (χ0) is 29.5. The average Bonchev–Trinajstić information content (AvgIpc) is 3.36. The highest BCUT2D eigenvalue weighted by Gasteiger charge is 2.46. The van der Waals surface area contributed by atoms with Crippen LogP contribution in [0.2, 0.25) is 0 Å². The minimum Gasteiger partial charge on any atom is -0.496 e. The third-order valence-corrected chi connectivity index (χ3v) is 7.53. The Morgan fingerprint density at radius 3 is 2.76 bits per heavy atom. The molecule has 0 bridgehead atoms. The summed E-state index contributed by atoms with van der Waals surface area (Å²) in [7, 11) is 1.54. The molecule has 0 radical (unpaired) electrons. The fourth-order valence-corrected chi connectivity index (χ4v) is 5.75. The molecule has 1 amide bonds. The van der Waals surface area contributed by atoms with E-state index in [1.165, 1.54) is 24.2 Å².